The molecule has 1 rings (SSSR count). The number of nitrogens with one attached hydrogen (secondary N) is 1. The molecule has 0 saturated heterocycles. The Balaban J connectivity index is 2.56. The van der Waals surface area contributed by atoms with Crippen molar-refractivity contribution in [2.45, 2.75) is 26.3 Å². The SMILES string of the molecule is CC(C)CCOc1ccc(C(=O)N[C@@H](CO)C(=O)O)cc1. The Morgan fingerprint density at radius 2 is 1.86 bits per heavy atom. The predicted molar refractivity (Wildman–Crippen MR) is 77.4 cm³/mol. The van der Waals surface area contributed by atoms with Gasteiger partial charge in [-0.3, -0.25) is 4.79 Å². The lowest BCUT2D eigenvalue weighted by atomic mass is 10.1. The smallest absolute Gasteiger partial charge is 0.328 e. The lowest BCUT2D eigenvalue weighted by Crippen LogP contribution is -2.43. The average molecular weight is 295 g/mol. The standard InChI is InChI=1S/C15H21NO5/c1-10(2)7-8-21-12-5-3-11(4-6-12)14(18)16-13(9-17)15(19)20/h3-6,10,13,17H,7-9H2,1-2H3,(H,16,18)(H,19,20)/t13-/m0/s1. The molecule has 0 bridgehead atoms. The van der Waals surface area contributed by atoms with Gasteiger partial charge in [-0.05, 0) is 36.6 Å². The van der Waals surface area contributed by atoms with E-state index >= 15 is 0 Å². The fraction of sp³-hybridized carbons (Fsp3) is 0.467. The second kappa shape index (κ2) is 8.26. The number of ether oxygens (including phenoxy) is 1. The molecule has 1 atom stereocenters. The number of carboxylic acid groups (broad SMARTS) is 1. The maximum atomic E-state index is 11.8. The zero-order valence-corrected chi connectivity index (χ0v) is 12.2. The molecule has 1 aromatic carbocycles. The van der Waals surface area contributed by atoms with Gasteiger partial charge in [0.2, 0.25) is 0 Å². The summed E-state index contributed by atoms with van der Waals surface area (Å²) in [5.41, 5.74) is 0.311. The second-order valence-electron chi connectivity index (χ2n) is 5.10. The van der Waals surface area contributed by atoms with E-state index in [1.807, 2.05) is 0 Å². The molecule has 0 heterocycles. The molecule has 0 spiro atoms. The Labute approximate surface area is 123 Å². The average Bonchev–Trinajstić information content (AvgIpc) is 2.44. The first-order chi connectivity index (χ1) is 9.93. The maximum Gasteiger partial charge on any atom is 0.328 e. The van der Waals surface area contributed by atoms with Crippen LogP contribution < -0.4 is 10.1 Å². The Bertz CT molecular complexity index is 469. The van der Waals surface area contributed by atoms with E-state index in [0.29, 0.717) is 23.8 Å². The van der Waals surface area contributed by atoms with Gasteiger partial charge in [-0.25, -0.2) is 4.79 Å². The summed E-state index contributed by atoms with van der Waals surface area (Å²) in [5, 5.41) is 19.9. The van der Waals surface area contributed by atoms with Crippen molar-refractivity contribution in [3.05, 3.63) is 29.8 Å². The molecule has 0 aliphatic carbocycles. The number of carbonyl (C=O) groups is 2. The molecule has 0 aliphatic heterocycles. The van der Waals surface area contributed by atoms with Crippen LogP contribution in [0.4, 0.5) is 0 Å². The number of carboxylic acids is 1. The summed E-state index contributed by atoms with van der Waals surface area (Å²) >= 11 is 0. The molecule has 6 heteroatoms. The number of aliphatic hydroxyl groups excluding tert-OH is 1. The first-order valence-electron chi connectivity index (χ1n) is 6.81. The van der Waals surface area contributed by atoms with E-state index in [4.69, 9.17) is 14.9 Å². The molecule has 21 heavy (non-hydrogen) atoms. The fourth-order valence-electron chi connectivity index (χ4n) is 1.54. The van der Waals surface area contributed by atoms with Crippen LogP contribution in [0, 0.1) is 5.92 Å². The van der Waals surface area contributed by atoms with Gasteiger partial charge < -0.3 is 20.3 Å². The normalized spacial score (nSPS) is 12.0. The van der Waals surface area contributed by atoms with E-state index in [0.717, 1.165) is 6.42 Å². The van der Waals surface area contributed by atoms with Crippen molar-refractivity contribution in [1.29, 1.82) is 0 Å². The fourth-order valence-corrected chi connectivity index (χ4v) is 1.54. The third-order valence-corrected chi connectivity index (χ3v) is 2.87. The quantitative estimate of drug-likeness (QED) is 0.671. The monoisotopic (exact) mass is 295 g/mol. The minimum Gasteiger partial charge on any atom is -0.494 e. The van der Waals surface area contributed by atoms with Crippen LogP contribution in [0.1, 0.15) is 30.6 Å². The van der Waals surface area contributed by atoms with E-state index in [1.54, 1.807) is 24.3 Å². The summed E-state index contributed by atoms with van der Waals surface area (Å²) in [5.74, 6) is -0.615. The third kappa shape index (κ3) is 5.83. The minimum atomic E-state index is -1.31. The lowest BCUT2D eigenvalue weighted by Gasteiger charge is -2.12. The summed E-state index contributed by atoms with van der Waals surface area (Å²) in [7, 11) is 0. The summed E-state index contributed by atoms with van der Waals surface area (Å²) in [6, 6.07) is 5.11. The van der Waals surface area contributed by atoms with Crippen molar-refractivity contribution in [3.63, 3.8) is 0 Å². The number of rotatable bonds is 8. The number of aliphatic carboxylic acids is 1. The number of carbonyl (C=O) groups excluding carboxylic acids is 1. The zero-order chi connectivity index (χ0) is 15.8. The second-order valence-corrected chi connectivity index (χ2v) is 5.10. The Hall–Kier alpha value is -2.08. The van der Waals surface area contributed by atoms with Gasteiger partial charge in [0.1, 0.15) is 5.75 Å². The van der Waals surface area contributed by atoms with Crippen LogP contribution in [0.15, 0.2) is 24.3 Å². The largest absolute Gasteiger partial charge is 0.494 e. The molecule has 3 N–H and O–H groups in total. The van der Waals surface area contributed by atoms with E-state index < -0.39 is 24.5 Å². The minimum absolute atomic E-state index is 0.311. The Kier molecular flexibility index (Phi) is 6.68. The highest BCUT2D eigenvalue weighted by Crippen LogP contribution is 2.13. The topological polar surface area (TPSA) is 95.9 Å². The van der Waals surface area contributed by atoms with Crippen molar-refractivity contribution in [2.24, 2.45) is 5.92 Å². The summed E-state index contributed by atoms with van der Waals surface area (Å²) in [4.78, 5) is 22.5. The Morgan fingerprint density at radius 1 is 1.24 bits per heavy atom. The number of hydrogen-bond donors (Lipinski definition) is 3. The number of benzene rings is 1. The number of aliphatic hydroxyl groups is 1. The molecular weight excluding hydrogens is 274 g/mol. The van der Waals surface area contributed by atoms with Crippen molar-refractivity contribution in [2.75, 3.05) is 13.2 Å². The molecule has 1 aromatic rings. The van der Waals surface area contributed by atoms with Crippen LogP contribution in [0.3, 0.4) is 0 Å². The molecular formula is C15H21NO5. The van der Waals surface area contributed by atoms with E-state index in [9.17, 15) is 9.59 Å². The van der Waals surface area contributed by atoms with Crippen LogP contribution in [0.25, 0.3) is 0 Å². The number of hydrogen-bond acceptors (Lipinski definition) is 4. The first kappa shape index (κ1) is 17.0. The first-order valence-corrected chi connectivity index (χ1v) is 6.81. The summed E-state index contributed by atoms with van der Waals surface area (Å²) in [6.45, 7) is 4.17. The van der Waals surface area contributed by atoms with Crippen molar-refractivity contribution in [1.82, 2.24) is 5.32 Å². The van der Waals surface area contributed by atoms with Crippen molar-refractivity contribution < 1.29 is 24.5 Å². The van der Waals surface area contributed by atoms with Gasteiger partial charge in [-0.15, -0.1) is 0 Å². The van der Waals surface area contributed by atoms with Gasteiger partial charge in [0.15, 0.2) is 6.04 Å². The van der Waals surface area contributed by atoms with Crippen LogP contribution in [-0.4, -0.2) is 41.3 Å². The highest BCUT2D eigenvalue weighted by molar-refractivity contribution is 5.96. The summed E-state index contributed by atoms with van der Waals surface area (Å²) < 4.78 is 5.53. The molecule has 0 radical (unpaired) electrons. The predicted octanol–water partition coefficient (Wildman–Crippen LogP) is 1.29. The molecule has 6 nitrogen and oxygen atoms in total. The van der Waals surface area contributed by atoms with Crippen molar-refractivity contribution >= 4 is 11.9 Å². The molecule has 0 saturated carbocycles. The summed E-state index contributed by atoms with van der Waals surface area (Å²) in [6.07, 6.45) is 0.943. The van der Waals surface area contributed by atoms with Gasteiger partial charge in [-0.1, -0.05) is 13.8 Å². The van der Waals surface area contributed by atoms with Crippen LogP contribution in [0.2, 0.25) is 0 Å². The van der Waals surface area contributed by atoms with Gasteiger partial charge in [0.25, 0.3) is 5.91 Å². The van der Waals surface area contributed by atoms with Crippen LogP contribution in [-0.2, 0) is 4.79 Å². The molecule has 1 amide bonds. The molecule has 0 fully saturated rings. The van der Waals surface area contributed by atoms with Gasteiger partial charge >= 0.3 is 5.97 Å². The van der Waals surface area contributed by atoms with E-state index in [2.05, 4.69) is 19.2 Å². The van der Waals surface area contributed by atoms with Crippen molar-refractivity contribution in [3.8, 4) is 5.75 Å². The van der Waals surface area contributed by atoms with E-state index in [1.165, 1.54) is 0 Å². The van der Waals surface area contributed by atoms with Gasteiger partial charge in [0.05, 0.1) is 13.2 Å². The third-order valence-electron chi connectivity index (χ3n) is 2.87. The highest BCUT2D eigenvalue weighted by Gasteiger charge is 2.19. The molecule has 0 unspecified atom stereocenters. The molecule has 0 aliphatic rings. The van der Waals surface area contributed by atoms with E-state index in [-0.39, 0.29) is 0 Å². The Morgan fingerprint density at radius 3 is 2.33 bits per heavy atom. The van der Waals surface area contributed by atoms with Crippen LogP contribution in [0.5, 0.6) is 5.75 Å². The van der Waals surface area contributed by atoms with Crippen LogP contribution >= 0.6 is 0 Å². The van der Waals surface area contributed by atoms with Gasteiger partial charge in [-0.2, -0.15) is 0 Å². The zero-order valence-electron chi connectivity index (χ0n) is 12.2. The van der Waals surface area contributed by atoms with Gasteiger partial charge in [0, 0.05) is 5.56 Å². The highest BCUT2D eigenvalue weighted by atomic mass is 16.5. The lowest BCUT2D eigenvalue weighted by molar-refractivity contribution is -0.140. The molecule has 0 aromatic heterocycles. The molecule has 116 valence electrons. The maximum absolute atomic E-state index is 11.8. The number of amides is 1.